The van der Waals surface area contributed by atoms with Gasteiger partial charge in [0, 0.05) is 25.7 Å². The minimum atomic E-state index is -4.96. The van der Waals surface area contributed by atoms with Crippen LogP contribution in [0.15, 0.2) is 0 Å². The Morgan fingerprint density at radius 2 is 0.485 bits per heavy atom. The quantitative estimate of drug-likeness (QED) is 0.0222. The molecule has 3 N–H and O–H groups in total. The molecule has 99 heavy (non-hydrogen) atoms. The van der Waals surface area contributed by atoms with Gasteiger partial charge in [0.1, 0.15) is 19.3 Å². The van der Waals surface area contributed by atoms with Crippen LogP contribution in [0.5, 0.6) is 0 Å². The molecule has 0 rings (SSSR count). The van der Waals surface area contributed by atoms with E-state index in [4.69, 9.17) is 37.0 Å². The number of esters is 4. The lowest BCUT2D eigenvalue weighted by Gasteiger charge is -2.21. The molecule has 0 heterocycles. The molecule has 0 radical (unpaired) electrons. The summed E-state index contributed by atoms with van der Waals surface area (Å²) in [5.41, 5.74) is 0. The number of phosphoric acid groups is 2. The second-order valence-corrected chi connectivity index (χ2v) is 32.2. The van der Waals surface area contributed by atoms with Crippen molar-refractivity contribution in [2.75, 3.05) is 39.6 Å². The smallest absolute Gasteiger partial charge is 0.462 e. The van der Waals surface area contributed by atoms with E-state index in [1.807, 2.05) is 0 Å². The molecule has 0 amide bonds. The summed E-state index contributed by atoms with van der Waals surface area (Å²) in [5, 5.41) is 10.6. The first-order valence-corrected chi connectivity index (χ1v) is 44.6. The maximum absolute atomic E-state index is 13.1. The summed E-state index contributed by atoms with van der Waals surface area (Å²) < 4.78 is 68.7. The molecule has 0 saturated heterocycles. The first-order chi connectivity index (χ1) is 47.9. The van der Waals surface area contributed by atoms with Gasteiger partial charge < -0.3 is 33.8 Å². The van der Waals surface area contributed by atoms with Gasteiger partial charge in [-0.1, -0.05) is 369 Å². The van der Waals surface area contributed by atoms with Gasteiger partial charge in [0.2, 0.25) is 0 Å². The standard InChI is InChI=1S/C80H156O17P2/c1-7-11-13-15-17-19-21-23-24-25-26-27-28-33-37-41-45-53-59-65-80(85)96-75(68-90-77(82)62-56-50-43-39-36-32-30-29-31-34-38-42-48-54-60-72(5)9-3)70-94-98(86,87)92-66-74(81)67-93-99(88,89)95-71-76(69-91-78(83)63-57-51-47-46-49-55-61-73(6)10-4)97-79(84)64-58-52-44-40-35-22-20-18-16-14-12-8-2/h72-76,81H,7-71H2,1-6H3,(H,86,87)(H,88,89)/t72?,73?,74-,75-,76-/m1/s1. The van der Waals surface area contributed by atoms with Crippen LogP contribution in [0.3, 0.4) is 0 Å². The maximum Gasteiger partial charge on any atom is 0.472 e. The molecule has 0 spiro atoms. The van der Waals surface area contributed by atoms with Gasteiger partial charge >= 0.3 is 39.5 Å². The molecule has 0 aliphatic rings. The number of carbonyl (C=O) groups is 4. The Morgan fingerprint density at radius 3 is 0.717 bits per heavy atom. The van der Waals surface area contributed by atoms with Gasteiger partial charge in [-0.2, -0.15) is 0 Å². The van der Waals surface area contributed by atoms with Gasteiger partial charge in [-0.25, -0.2) is 9.13 Å². The molecule has 0 bridgehead atoms. The van der Waals surface area contributed by atoms with Gasteiger partial charge in [-0.3, -0.25) is 37.3 Å². The van der Waals surface area contributed by atoms with E-state index in [2.05, 4.69) is 41.5 Å². The van der Waals surface area contributed by atoms with Crippen molar-refractivity contribution in [2.45, 2.75) is 439 Å². The molecule has 0 aliphatic carbocycles. The van der Waals surface area contributed by atoms with E-state index in [0.717, 1.165) is 108 Å². The zero-order valence-corrected chi connectivity index (χ0v) is 66.6. The molecular formula is C80H156O17P2. The Hall–Kier alpha value is -1.94. The van der Waals surface area contributed by atoms with Crippen molar-refractivity contribution in [1.29, 1.82) is 0 Å². The van der Waals surface area contributed by atoms with Gasteiger partial charge in [0.15, 0.2) is 12.2 Å². The molecule has 0 aliphatic heterocycles. The fraction of sp³-hybridized carbons (Fsp3) is 0.950. The third-order valence-corrected chi connectivity index (χ3v) is 21.3. The van der Waals surface area contributed by atoms with Gasteiger partial charge in [0.25, 0.3) is 0 Å². The van der Waals surface area contributed by atoms with Crippen molar-refractivity contribution in [2.24, 2.45) is 11.8 Å². The predicted octanol–water partition coefficient (Wildman–Crippen LogP) is 23.9. The zero-order chi connectivity index (χ0) is 72.8. The number of ether oxygens (including phenoxy) is 4. The molecule has 4 unspecified atom stereocenters. The van der Waals surface area contributed by atoms with Crippen molar-refractivity contribution in [3.63, 3.8) is 0 Å². The van der Waals surface area contributed by atoms with E-state index in [1.54, 1.807) is 0 Å². The monoisotopic (exact) mass is 1450 g/mol. The van der Waals surface area contributed by atoms with Crippen LogP contribution in [-0.4, -0.2) is 96.7 Å². The Kier molecular flexibility index (Phi) is 70.3. The number of aliphatic hydroxyl groups is 1. The topological polar surface area (TPSA) is 237 Å². The zero-order valence-electron chi connectivity index (χ0n) is 64.8. The molecule has 0 aromatic heterocycles. The van der Waals surface area contributed by atoms with Crippen LogP contribution in [0.1, 0.15) is 420 Å². The van der Waals surface area contributed by atoms with E-state index >= 15 is 0 Å². The first-order valence-electron chi connectivity index (χ1n) is 41.6. The Morgan fingerprint density at radius 1 is 0.283 bits per heavy atom. The molecule has 19 heteroatoms. The summed E-state index contributed by atoms with van der Waals surface area (Å²) in [7, 11) is -9.92. The van der Waals surface area contributed by atoms with E-state index < -0.39 is 97.5 Å². The van der Waals surface area contributed by atoms with Crippen molar-refractivity contribution in [3.8, 4) is 0 Å². The minimum Gasteiger partial charge on any atom is -0.462 e. The molecule has 0 saturated carbocycles. The Bertz CT molecular complexity index is 1910. The van der Waals surface area contributed by atoms with Crippen LogP contribution in [-0.2, 0) is 65.4 Å². The fourth-order valence-electron chi connectivity index (χ4n) is 12.3. The van der Waals surface area contributed by atoms with Gasteiger partial charge in [-0.05, 0) is 37.5 Å². The lowest BCUT2D eigenvalue weighted by Crippen LogP contribution is -2.30. The number of aliphatic hydroxyl groups excluding tert-OH is 1. The van der Waals surface area contributed by atoms with Crippen LogP contribution >= 0.6 is 15.6 Å². The number of rotatable bonds is 79. The number of phosphoric ester groups is 2. The third kappa shape index (κ3) is 71.5. The number of hydrogen-bond donors (Lipinski definition) is 3. The first kappa shape index (κ1) is 97.1. The van der Waals surface area contributed by atoms with Gasteiger partial charge in [-0.15, -0.1) is 0 Å². The highest BCUT2D eigenvalue weighted by molar-refractivity contribution is 7.47. The Balaban J connectivity index is 5.23. The van der Waals surface area contributed by atoms with E-state index in [1.165, 1.54) is 231 Å². The van der Waals surface area contributed by atoms with Crippen LogP contribution < -0.4 is 0 Å². The molecule has 0 aromatic rings. The lowest BCUT2D eigenvalue weighted by molar-refractivity contribution is -0.161. The molecule has 588 valence electrons. The number of carbonyl (C=O) groups excluding carboxylic acids is 4. The van der Waals surface area contributed by atoms with Crippen LogP contribution in [0.2, 0.25) is 0 Å². The van der Waals surface area contributed by atoms with E-state index in [0.29, 0.717) is 25.7 Å². The molecule has 7 atom stereocenters. The van der Waals surface area contributed by atoms with Crippen molar-refractivity contribution < 1.29 is 80.2 Å². The van der Waals surface area contributed by atoms with E-state index in [-0.39, 0.29) is 25.7 Å². The maximum atomic E-state index is 13.1. The summed E-state index contributed by atoms with van der Waals surface area (Å²) in [4.78, 5) is 73.0. The molecule has 0 aromatic carbocycles. The largest absolute Gasteiger partial charge is 0.472 e. The molecular weight excluding hydrogens is 1290 g/mol. The average molecular weight is 1450 g/mol. The SMILES string of the molecule is CCCCCCCCCCCCCCCCCCCCCC(=O)O[C@H](COC(=O)CCCCCCCCCCCCCCCCC(C)CC)COP(=O)(O)OC[C@@H](O)COP(=O)(O)OC[C@@H](COC(=O)CCCCCCCCC(C)CC)OC(=O)CCCCCCCCCCCCCC. The predicted molar refractivity (Wildman–Crippen MR) is 405 cm³/mol. The van der Waals surface area contributed by atoms with Crippen molar-refractivity contribution in [1.82, 2.24) is 0 Å². The third-order valence-electron chi connectivity index (χ3n) is 19.4. The highest BCUT2D eigenvalue weighted by atomic mass is 31.2. The molecule has 17 nitrogen and oxygen atoms in total. The summed E-state index contributed by atoms with van der Waals surface area (Å²) in [5.74, 6) is -0.529. The summed E-state index contributed by atoms with van der Waals surface area (Å²) in [6.07, 6.45) is 61.0. The highest BCUT2D eigenvalue weighted by Gasteiger charge is 2.30. The van der Waals surface area contributed by atoms with E-state index in [9.17, 15) is 43.2 Å². The summed E-state index contributed by atoms with van der Waals surface area (Å²) in [6, 6.07) is 0. The second-order valence-electron chi connectivity index (χ2n) is 29.3. The van der Waals surface area contributed by atoms with Crippen LogP contribution in [0, 0.1) is 11.8 Å². The average Bonchev–Trinajstić information content (AvgIpc) is 0.967. The van der Waals surface area contributed by atoms with Crippen molar-refractivity contribution >= 4 is 39.5 Å². The number of unbranched alkanes of at least 4 members (excludes halogenated alkanes) is 47. The Labute approximate surface area is 607 Å². The van der Waals surface area contributed by atoms with Crippen LogP contribution in [0.4, 0.5) is 0 Å². The minimum absolute atomic E-state index is 0.107. The van der Waals surface area contributed by atoms with Crippen molar-refractivity contribution in [3.05, 3.63) is 0 Å². The second kappa shape index (κ2) is 71.7. The fourth-order valence-corrected chi connectivity index (χ4v) is 13.9. The molecule has 0 fully saturated rings. The lowest BCUT2D eigenvalue weighted by atomic mass is 9.99. The summed E-state index contributed by atoms with van der Waals surface area (Å²) >= 11 is 0. The summed E-state index contributed by atoms with van der Waals surface area (Å²) in [6.45, 7) is 9.64. The number of hydrogen-bond acceptors (Lipinski definition) is 15. The highest BCUT2D eigenvalue weighted by Crippen LogP contribution is 2.45. The van der Waals surface area contributed by atoms with Gasteiger partial charge in [0.05, 0.1) is 26.4 Å². The normalized spacial score (nSPS) is 14.5. The van der Waals surface area contributed by atoms with Crippen LogP contribution in [0.25, 0.3) is 0 Å².